The number of rotatable bonds is 7. The minimum absolute atomic E-state index is 0.0288. The van der Waals surface area contributed by atoms with Crippen molar-refractivity contribution in [3.05, 3.63) is 4.88 Å². The fourth-order valence-corrected chi connectivity index (χ4v) is 2.63. The average Bonchev–Trinajstić information content (AvgIpc) is 2.63. The largest absolute Gasteiger partial charge is 0.486 e. The maximum Gasteiger partial charge on any atom is 0.177 e. The highest BCUT2D eigenvalue weighted by atomic mass is 32.1. The molecule has 0 radical (unpaired) electrons. The van der Waals surface area contributed by atoms with Crippen LogP contribution in [-0.2, 0) is 0 Å². The monoisotopic (exact) mass is 284 g/mol. The molecule has 0 aliphatic heterocycles. The van der Waals surface area contributed by atoms with Gasteiger partial charge in [0.1, 0.15) is 5.00 Å². The summed E-state index contributed by atoms with van der Waals surface area (Å²) in [5.74, 6) is 1.20. The molecule has 3 N–H and O–H groups in total. The van der Waals surface area contributed by atoms with Gasteiger partial charge >= 0.3 is 0 Å². The molecule has 0 saturated carbocycles. The molecule has 0 aliphatic carbocycles. The second kappa shape index (κ2) is 6.80. The zero-order chi connectivity index (χ0) is 14.6. The summed E-state index contributed by atoms with van der Waals surface area (Å²) in [6, 6.07) is 0. The molecule has 0 saturated heterocycles. The Morgan fingerprint density at radius 2 is 2.00 bits per heavy atom. The van der Waals surface area contributed by atoms with E-state index < -0.39 is 0 Å². The molecule has 1 rings (SSSR count). The Kier molecular flexibility index (Phi) is 5.66. The molecule has 0 aliphatic rings. The van der Waals surface area contributed by atoms with Crippen molar-refractivity contribution in [2.75, 3.05) is 17.6 Å². The minimum Gasteiger partial charge on any atom is -0.486 e. The van der Waals surface area contributed by atoms with Gasteiger partial charge in [-0.2, -0.15) is 0 Å². The summed E-state index contributed by atoms with van der Waals surface area (Å²) in [5, 5.41) is 4.18. The van der Waals surface area contributed by atoms with Crippen LogP contribution in [0, 0.1) is 5.92 Å². The van der Waals surface area contributed by atoms with Gasteiger partial charge in [0.05, 0.1) is 16.7 Å². The van der Waals surface area contributed by atoms with Crippen molar-refractivity contribution in [3.63, 3.8) is 0 Å². The van der Waals surface area contributed by atoms with Crippen LogP contribution in [0.1, 0.15) is 50.7 Å². The quantitative estimate of drug-likeness (QED) is 0.748. The molecular formula is C14H24N2O2S. The van der Waals surface area contributed by atoms with E-state index in [4.69, 9.17) is 10.5 Å². The Hall–Kier alpha value is -1.23. The summed E-state index contributed by atoms with van der Waals surface area (Å²) in [4.78, 5) is 12.5. The highest BCUT2D eigenvalue weighted by Gasteiger charge is 2.22. The molecule has 0 aromatic carbocycles. The number of nitrogens with one attached hydrogen (secondary N) is 1. The van der Waals surface area contributed by atoms with Crippen LogP contribution >= 0.6 is 11.3 Å². The number of Topliss-reactive ketones (excluding diaryl/α,β-unsaturated/α-hetero) is 1. The normalized spacial score (nSPS) is 11.1. The summed E-state index contributed by atoms with van der Waals surface area (Å²) < 4.78 is 5.75. The molecule has 1 aromatic rings. The lowest BCUT2D eigenvalue weighted by Gasteiger charge is -2.13. The van der Waals surface area contributed by atoms with Crippen LogP contribution in [0.3, 0.4) is 0 Å². The Balaban J connectivity index is 3.08. The van der Waals surface area contributed by atoms with E-state index in [1.165, 1.54) is 11.3 Å². The van der Waals surface area contributed by atoms with Crippen LogP contribution in [-0.4, -0.2) is 18.4 Å². The van der Waals surface area contributed by atoms with Gasteiger partial charge < -0.3 is 15.8 Å². The van der Waals surface area contributed by atoms with Crippen LogP contribution in [0.4, 0.5) is 10.7 Å². The van der Waals surface area contributed by atoms with Crippen molar-refractivity contribution in [1.29, 1.82) is 0 Å². The van der Waals surface area contributed by atoms with Crippen molar-refractivity contribution in [3.8, 4) is 5.75 Å². The van der Waals surface area contributed by atoms with Gasteiger partial charge in [0.15, 0.2) is 11.5 Å². The zero-order valence-electron chi connectivity index (χ0n) is 12.4. The maximum absolute atomic E-state index is 11.9. The van der Waals surface area contributed by atoms with Gasteiger partial charge in [-0.1, -0.05) is 20.8 Å². The molecule has 0 spiro atoms. The SMILES string of the molecule is CCC(=O)c1sc(NCC(C)C)c(OC(C)C)c1N. The Morgan fingerprint density at radius 3 is 2.47 bits per heavy atom. The lowest BCUT2D eigenvalue weighted by atomic mass is 10.2. The summed E-state index contributed by atoms with van der Waals surface area (Å²) in [7, 11) is 0. The summed E-state index contributed by atoms with van der Waals surface area (Å²) >= 11 is 1.39. The number of thiophene rings is 1. The third-order valence-electron chi connectivity index (χ3n) is 2.50. The molecule has 19 heavy (non-hydrogen) atoms. The van der Waals surface area contributed by atoms with E-state index in [0.29, 0.717) is 28.7 Å². The van der Waals surface area contributed by atoms with Gasteiger partial charge in [-0.15, -0.1) is 11.3 Å². The van der Waals surface area contributed by atoms with Crippen LogP contribution in [0.5, 0.6) is 5.75 Å². The number of anilines is 2. The lowest BCUT2D eigenvalue weighted by Crippen LogP contribution is -2.11. The van der Waals surface area contributed by atoms with Crippen LogP contribution < -0.4 is 15.8 Å². The van der Waals surface area contributed by atoms with Gasteiger partial charge in [-0.05, 0) is 19.8 Å². The predicted molar refractivity (Wildman–Crippen MR) is 82.4 cm³/mol. The third-order valence-corrected chi connectivity index (χ3v) is 3.68. The Morgan fingerprint density at radius 1 is 1.37 bits per heavy atom. The summed E-state index contributed by atoms with van der Waals surface area (Å²) in [6.07, 6.45) is 0.483. The van der Waals surface area contributed by atoms with Gasteiger partial charge in [0.2, 0.25) is 0 Å². The maximum atomic E-state index is 11.9. The smallest absolute Gasteiger partial charge is 0.177 e. The molecule has 5 heteroatoms. The highest BCUT2D eigenvalue weighted by molar-refractivity contribution is 7.19. The molecule has 108 valence electrons. The zero-order valence-corrected chi connectivity index (χ0v) is 13.2. The van der Waals surface area contributed by atoms with Gasteiger partial charge in [-0.3, -0.25) is 4.79 Å². The number of ether oxygens (including phenoxy) is 1. The number of ketones is 1. The van der Waals surface area contributed by atoms with Crippen LogP contribution in [0.15, 0.2) is 0 Å². The van der Waals surface area contributed by atoms with E-state index in [-0.39, 0.29) is 11.9 Å². The Bertz CT molecular complexity index is 439. The lowest BCUT2D eigenvalue weighted by molar-refractivity contribution is 0.0992. The number of hydrogen-bond acceptors (Lipinski definition) is 5. The minimum atomic E-state index is 0.0288. The summed E-state index contributed by atoms with van der Waals surface area (Å²) in [6.45, 7) is 10.8. The fraction of sp³-hybridized carbons (Fsp3) is 0.643. The van der Waals surface area contributed by atoms with Gasteiger partial charge in [-0.25, -0.2) is 0 Å². The van der Waals surface area contributed by atoms with Crippen LogP contribution in [0.2, 0.25) is 0 Å². The first-order valence-corrected chi connectivity index (χ1v) is 7.54. The number of carbonyl (C=O) groups is 1. The van der Waals surface area contributed by atoms with Gasteiger partial charge in [0.25, 0.3) is 0 Å². The third kappa shape index (κ3) is 4.13. The van der Waals surface area contributed by atoms with E-state index in [2.05, 4.69) is 19.2 Å². The number of hydrogen-bond donors (Lipinski definition) is 2. The van der Waals surface area contributed by atoms with E-state index in [9.17, 15) is 4.79 Å². The number of nitrogen functional groups attached to an aromatic ring is 1. The molecule has 0 atom stereocenters. The number of nitrogens with two attached hydrogens (primary N) is 1. The fourth-order valence-electron chi connectivity index (χ4n) is 1.56. The van der Waals surface area contributed by atoms with Gasteiger partial charge in [0, 0.05) is 13.0 Å². The average molecular weight is 284 g/mol. The Labute approximate surface area is 119 Å². The molecule has 0 bridgehead atoms. The topological polar surface area (TPSA) is 64.3 Å². The standard InChI is InChI=1S/C14H24N2O2S/c1-6-10(17)13-11(15)12(18-9(4)5)14(19-13)16-7-8(2)3/h8-9,16H,6-7,15H2,1-5H3. The van der Waals surface area contributed by atoms with E-state index in [0.717, 1.165) is 11.5 Å². The summed E-state index contributed by atoms with van der Waals surface area (Å²) in [5.41, 5.74) is 6.53. The molecule has 4 nitrogen and oxygen atoms in total. The molecule has 0 amide bonds. The van der Waals surface area contributed by atoms with Crippen LogP contribution in [0.25, 0.3) is 0 Å². The van der Waals surface area contributed by atoms with E-state index in [1.807, 2.05) is 20.8 Å². The molecule has 0 unspecified atom stereocenters. The van der Waals surface area contributed by atoms with Crippen molar-refractivity contribution in [2.24, 2.45) is 5.92 Å². The first-order chi connectivity index (χ1) is 8.86. The first kappa shape index (κ1) is 15.8. The van der Waals surface area contributed by atoms with Crippen molar-refractivity contribution in [1.82, 2.24) is 0 Å². The van der Waals surface area contributed by atoms with Crippen molar-refractivity contribution >= 4 is 27.8 Å². The second-order valence-electron chi connectivity index (χ2n) is 5.22. The van der Waals surface area contributed by atoms with Crippen molar-refractivity contribution in [2.45, 2.75) is 47.1 Å². The first-order valence-electron chi connectivity index (χ1n) is 6.72. The van der Waals surface area contributed by atoms with E-state index >= 15 is 0 Å². The predicted octanol–water partition coefficient (Wildman–Crippen LogP) is 3.78. The number of carbonyl (C=O) groups excluding carboxylic acids is 1. The van der Waals surface area contributed by atoms with E-state index in [1.54, 1.807) is 0 Å². The molecule has 1 aromatic heterocycles. The highest BCUT2D eigenvalue weighted by Crippen LogP contribution is 2.43. The molecular weight excluding hydrogens is 260 g/mol. The second-order valence-corrected chi connectivity index (χ2v) is 6.24. The molecule has 0 fully saturated rings. The molecule has 1 heterocycles. The van der Waals surface area contributed by atoms with Crippen molar-refractivity contribution < 1.29 is 9.53 Å².